The van der Waals surface area contributed by atoms with Crippen molar-refractivity contribution in [3.05, 3.63) is 35.1 Å². The number of aliphatic carboxylic acids is 1. The standard InChI is InChI=1S/C11H11FO3/c12-8-3-1-2-7-9(13)4-6(11(7)8)5-10(14)15/h1-3,6,9,13H,4-5H2,(H,14,15). The van der Waals surface area contributed by atoms with E-state index >= 15 is 0 Å². The minimum Gasteiger partial charge on any atom is -0.481 e. The first-order chi connectivity index (χ1) is 7.09. The van der Waals surface area contributed by atoms with Gasteiger partial charge in [-0.1, -0.05) is 12.1 Å². The molecular formula is C11H11FO3. The predicted molar refractivity (Wildman–Crippen MR) is 51.0 cm³/mol. The number of rotatable bonds is 2. The van der Waals surface area contributed by atoms with E-state index < -0.39 is 23.8 Å². The third kappa shape index (κ3) is 1.72. The van der Waals surface area contributed by atoms with Gasteiger partial charge in [-0.3, -0.25) is 4.79 Å². The van der Waals surface area contributed by atoms with Crippen LogP contribution >= 0.6 is 0 Å². The van der Waals surface area contributed by atoms with Crippen LogP contribution in [0, 0.1) is 5.82 Å². The molecule has 80 valence electrons. The molecule has 0 spiro atoms. The lowest BCUT2D eigenvalue weighted by atomic mass is 9.97. The largest absolute Gasteiger partial charge is 0.481 e. The van der Waals surface area contributed by atoms with Gasteiger partial charge in [0, 0.05) is 5.92 Å². The highest BCUT2D eigenvalue weighted by atomic mass is 19.1. The average Bonchev–Trinajstić information content (AvgIpc) is 2.44. The molecule has 0 amide bonds. The Morgan fingerprint density at radius 3 is 2.93 bits per heavy atom. The van der Waals surface area contributed by atoms with Crippen LogP contribution in [0.3, 0.4) is 0 Å². The SMILES string of the molecule is O=C(O)CC1CC(O)c2cccc(F)c21. The van der Waals surface area contributed by atoms with Crippen LogP contribution in [0.25, 0.3) is 0 Å². The third-order valence-corrected chi connectivity index (χ3v) is 2.78. The molecule has 0 aromatic heterocycles. The molecule has 1 aromatic rings. The number of carboxylic acid groups (broad SMARTS) is 1. The van der Waals surface area contributed by atoms with Crippen molar-refractivity contribution in [2.75, 3.05) is 0 Å². The summed E-state index contributed by atoms with van der Waals surface area (Å²) in [6.45, 7) is 0. The van der Waals surface area contributed by atoms with Crippen LogP contribution in [0.1, 0.15) is 36.0 Å². The first kappa shape index (κ1) is 10.1. The molecule has 15 heavy (non-hydrogen) atoms. The van der Waals surface area contributed by atoms with Crippen LogP contribution in [-0.2, 0) is 4.79 Å². The van der Waals surface area contributed by atoms with Gasteiger partial charge in [-0.2, -0.15) is 0 Å². The van der Waals surface area contributed by atoms with Crippen molar-refractivity contribution in [3.8, 4) is 0 Å². The van der Waals surface area contributed by atoms with Gasteiger partial charge in [0.15, 0.2) is 0 Å². The van der Waals surface area contributed by atoms with E-state index in [4.69, 9.17) is 5.11 Å². The van der Waals surface area contributed by atoms with Crippen molar-refractivity contribution in [2.24, 2.45) is 0 Å². The maximum absolute atomic E-state index is 13.5. The first-order valence-corrected chi connectivity index (χ1v) is 4.77. The molecular weight excluding hydrogens is 199 g/mol. The molecule has 0 fully saturated rings. The monoisotopic (exact) mass is 210 g/mol. The van der Waals surface area contributed by atoms with E-state index in [0.717, 1.165) is 0 Å². The molecule has 0 bridgehead atoms. The summed E-state index contributed by atoms with van der Waals surface area (Å²) in [7, 11) is 0. The molecule has 0 radical (unpaired) electrons. The number of hydrogen-bond donors (Lipinski definition) is 2. The molecule has 0 saturated heterocycles. The van der Waals surface area contributed by atoms with Gasteiger partial charge in [0.05, 0.1) is 12.5 Å². The lowest BCUT2D eigenvalue weighted by Crippen LogP contribution is -2.04. The predicted octanol–water partition coefficient (Wildman–Crippen LogP) is 1.82. The molecule has 3 nitrogen and oxygen atoms in total. The fourth-order valence-electron chi connectivity index (χ4n) is 2.19. The molecule has 2 unspecified atom stereocenters. The van der Waals surface area contributed by atoms with Gasteiger partial charge in [0.25, 0.3) is 0 Å². The Balaban J connectivity index is 2.39. The van der Waals surface area contributed by atoms with E-state index in [2.05, 4.69) is 0 Å². The highest BCUT2D eigenvalue weighted by Crippen LogP contribution is 2.43. The Morgan fingerprint density at radius 1 is 1.53 bits per heavy atom. The van der Waals surface area contributed by atoms with Crippen LogP contribution in [0.5, 0.6) is 0 Å². The minimum absolute atomic E-state index is 0.134. The summed E-state index contributed by atoms with van der Waals surface area (Å²) in [5.41, 5.74) is 0.897. The molecule has 0 aliphatic heterocycles. The van der Waals surface area contributed by atoms with Gasteiger partial charge in [-0.15, -0.1) is 0 Å². The molecule has 2 N–H and O–H groups in total. The zero-order valence-electron chi connectivity index (χ0n) is 7.98. The fraction of sp³-hybridized carbons (Fsp3) is 0.364. The molecule has 2 atom stereocenters. The molecule has 0 heterocycles. The normalized spacial score (nSPS) is 23.9. The Labute approximate surface area is 86.2 Å². The molecule has 1 aliphatic carbocycles. The summed E-state index contributed by atoms with van der Waals surface area (Å²) < 4.78 is 13.5. The van der Waals surface area contributed by atoms with Crippen molar-refractivity contribution < 1.29 is 19.4 Å². The number of fused-ring (bicyclic) bond motifs is 1. The van der Waals surface area contributed by atoms with Gasteiger partial charge in [-0.25, -0.2) is 4.39 Å². The van der Waals surface area contributed by atoms with Crippen LogP contribution in [-0.4, -0.2) is 16.2 Å². The zero-order valence-corrected chi connectivity index (χ0v) is 7.98. The summed E-state index contributed by atoms with van der Waals surface area (Å²) in [6, 6.07) is 4.47. The lowest BCUT2D eigenvalue weighted by Gasteiger charge is -2.08. The van der Waals surface area contributed by atoms with E-state index in [1.165, 1.54) is 12.1 Å². The second-order valence-corrected chi connectivity index (χ2v) is 3.79. The van der Waals surface area contributed by atoms with Crippen LogP contribution in [0.2, 0.25) is 0 Å². The summed E-state index contributed by atoms with van der Waals surface area (Å²) in [4.78, 5) is 10.6. The van der Waals surface area contributed by atoms with E-state index in [-0.39, 0.29) is 6.42 Å². The topological polar surface area (TPSA) is 57.5 Å². The minimum atomic E-state index is -0.969. The lowest BCUT2D eigenvalue weighted by molar-refractivity contribution is -0.137. The van der Waals surface area contributed by atoms with E-state index in [1.54, 1.807) is 6.07 Å². The Morgan fingerprint density at radius 2 is 2.27 bits per heavy atom. The number of hydrogen-bond acceptors (Lipinski definition) is 2. The van der Waals surface area contributed by atoms with E-state index in [9.17, 15) is 14.3 Å². The van der Waals surface area contributed by atoms with Gasteiger partial charge >= 0.3 is 5.97 Å². The van der Waals surface area contributed by atoms with Crippen LogP contribution in [0.15, 0.2) is 18.2 Å². The second-order valence-electron chi connectivity index (χ2n) is 3.79. The number of halogens is 1. The quantitative estimate of drug-likeness (QED) is 0.782. The number of carbonyl (C=O) groups is 1. The molecule has 1 aliphatic rings. The molecule has 2 rings (SSSR count). The van der Waals surface area contributed by atoms with Crippen molar-refractivity contribution in [3.63, 3.8) is 0 Å². The van der Waals surface area contributed by atoms with Gasteiger partial charge in [0.1, 0.15) is 5.82 Å². The average molecular weight is 210 g/mol. The number of aliphatic hydroxyl groups excluding tert-OH is 1. The van der Waals surface area contributed by atoms with Gasteiger partial charge in [-0.05, 0) is 23.6 Å². The first-order valence-electron chi connectivity index (χ1n) is 4.77. The van der Waals surface area contributed by atoms with E-state index in [1.807, 2.05) is 0 Å². The number of benzene rings is 1. The Hall–Kier alpha value is -1.42. The van der Waals surface area contributed by atoms with Crippen molar-refractivity contribution in [1.82, 2.24) is 0 Å². The number of aliphatic hydroxyl groups is 1. The van der Waals surface area contributed by atoms with E-state index in [0.29, 0.717) is 17.5 Å². The van der Waals surface area contributed by atoms with Crippen LogP contribution < -0.4 is 0 Å². The summed E-state index contributed by atoms with van der Waals surface area (Å²) in [6.07, 6.45) is -0.576. The number of carboxylic acids is 1. The van der Waals surface area contributed by atoms with Crippen molar-refractivity contribution in [2.45, 2.75) is 24.9 Å². The van der Waals surface area contributed by atoms with Gasteiger partial charge in [0.2, 0.25) is 0 Å². The zero-order chi connectivity index (χ0) is 11.0. The summed E-state index contributed by atoms with van der Waals surface area (Å²) >= 11 is 0. The highest BCUT2D eigenvalue weighted by molar-refractivity contribution is 5.68. The summed E-state index contributed by atoms with van der Waals surface area (Å²) in [5, 5.41) is 18.3. The van der Waals surface area contributed by atoms with Crippen molar-refractivity contribution in [1.29, 1.82) is 0 Å². The van der Waals surface area contributed by atoms with Crippen LogP contribution in [0.4, 0.5) is 4.39 Å². The highest BCUT2D eigenvalue weighted by Gasteiger charge is 2.33. The third-order valence-electron chi connectivity index (χ3n) is 2.78. The Bertz CT molecular complexity index is 403. The summed E-state index contributed by atoms with van der Waals surface area (Å²) in [5.74, 6) is -1.80. The maximum atomic E-state index is 13.5. The molecule has 4 heteroatoms. The van der Waals surface area contributed by atoms with Gasteiger partial charge < -0.3 is 10.2 Å². The molecule has 1 aromatic carbocycles. The molecule has 0 saturated carbocycles. The fourth-order valence-corrected chi connectivity index (χ4v) is 2.19. The Kier molecular flexibility index (Phi) is 2.44. The smallest absolute Gasteiger partial charge is 0.303 e. The second kappa shape index (κ2) is 3.62. The van der Waals surface area contributed by atoms with Crippen molar-refractivity contribution >= 4 is 5.97 Å². The maximum Gasteiger partial charge on any atom is 0.303 e.